The highest BCUT2D eigenvalue weighted by Gasteiger charge is 2.12. The Bertz CT molecular complexity index is 547. The van der Waals surface area contributed by atoms with E-state index in [4.69, 9.17) is 5.73 Å². The van der Waals surface area contributed by atoms with E-state index in [0.717, 1.165) is 43.9 Å². The molecule has 6 nitrogen and oxygen atoms in total. The molecule has 0 atom stereocenters. The molecule has 0 radical (unpaired) electrons. The number of nitrogens with two attached hydrogens (primary N) is 1. The first kappa shape index (κ1) is 11.2. The lowest BCUT2D eigenvalue weighted by molar-refractivity contribution is 0.724. The monoisotopic (exact) mass is 244 g/mol. The predicted molar refractivity (Wildman–Crippen MR) is 71.4 cm³/mol. The van der Waals surface area contributed by atoms with Crippen LogP contribution in [0.1, 0.15) is 6.42 Å². The topological polar surface area (TPSA) is 80.0 Å². The maximum absolute atomic E-state index is 5.84. The van der Waals surface area contributed by atoms with Crippen molar-refractivity contribution in [3.8, 4) is 0 Å². The number of rotatable bonds is 1. The molecule has 0 unspecified atom stereocenters. The predicted octanol–water partition coefficient (Wildman–Crippen LogP) is 0.407. The van der Waals surface area contributed by atoms with Crippen molar-refractivity contribution in [2.75, 3.05) is 36.8 Å². The molecule has 2 aromatic heterocycles. The van der Waals surface area contributed by atoms with E-state index in [1.165, 1.54) is 6.33 Å². The number of aromatic nitrogens is 3. The number of anilines is 2. The smallest absolute Gasteiger partial charge is 0.153 e. The molecule has 0 amide bonds. The zero-order valence-corrected chi connectivity index (χ0v) is 10.1. The fraction of sp³-hybridized carbons (Fsp3) is 0.417. The van der Waals surface area contributed by atoms with Crippen molar-refractivity contribution < 1.29 is 0 Å². The maximum atomic E-state index is 5.84. The lowest BCUT2D eigenvalue weighted by Gasteiger charge is -2.21. The van der Waals surface area contributed by atoms with Crippen LogP contribution in [0.15, 0.2) is 18.5 Å². The number of nitrogens with one attached hydrogen (secondary N) is 1. The molecule has 3 heterocycles. The van der Waals surface area contributed by atoms with E-state index in [1.54, 1.807) is 0 Å². The Morgan fingerprint density at radius 2 is 2.11 bits per heavy atom. The van der Waals surface area contributed by atoms with Gasteiger partial charge in [-0.05, 0) is 25.1 Å². The largest absolute Gasteiger partial charge is 0.382 e. The van der Waals surface area contributed by atoms with Gasteiger partial charge in [0.05, 0.1) is 5.52 Å². The summed E-state index contributed by atoms with van der Waals surface area (Å²) in [6.45, 7) is 4.03. The number of hydrogen-bond acceptors (Lipinski definition) is 6. The number of pyridine rings is 1. The fourth-order valence-corrected chi connectivity index (χ4v) is 2.20. The van der Waals surface area contributed by atoms with Crippen LogP contribution in [-0.4, -0.2) is 41.1 Å². The average Bonchev–Trinajstić information content (AvgIpc) is 2.68. The van der Waals surface area contributed by atoms with Crippen molar-refractivity contribution in [2.24, 2.45) is 0 Å². The molecule has 94 valence electrons. The van der Waals surface area contributed by atoms with Crippen LogP contribution in [-0.2, 0) is 0 Å². The van der Waals surface area contributed by atoms with Gasteiger partial charge in [0.15, 0.2) is 5.82 Å². The molecule has 2 aromatic rings. The summed E-state index contributed by atoms with van der Waals surface area (Å²) in [5, 5.41) is 3.38. The number of hydrogen-bond donors (Lipinski definition) is 2. The third kappa shape index (κ3) is 2.06. The highest BCUT2D eigenvalue weighted by Crippen LogP contribution is 2.19. The zero-order chi connectivity index (χ0) is 12.4. The van der Waals surface area contributed by atoms with Crippen molar-refractivity contribution in [3.05, 3.63) is 18.5 Å². The van der Waals surface area contributed by atoms with Crippen LogP contribution < -0.4 is 16.0 Å². The van der Waals surface area contributed by atoms with E-state index >= 15 is 0 Å². The number of fused-ring (bicyclic) bond motifs is 1. The Morgan fingerprint density at radius 3 is 3.06 bits per heavy atom. The van der Waals surface area contributed by atoms with Crippen LogP contribution in [0.4, 0.5) is 11.6 Å². The van der Waals surface area contributed by atoms with Gasteiger partial charge in [0.2, 0.25) is 0 Å². The summed E-state index contributed by atoms with van der Waals surface area (Å²) in [5.41, 5.74) is 7.32. The summed E-state index contributed by atoms with van der Waals surface area (Å²) in [5.74, 6) is 1.39. The minimum Gasteiger partial charge on any atom is -0.382 e. The molecule has 1 fully saturated rings. The summed E-state index contributed by atoms with van der Waals surface area (Å²) >= 11 is 0. The van der Waals surface area contributed by atoms with Crippen LogP contribution in [0, 0.1) is 0 Å². The quantitative estimate of drug-likeness (QED) is 0.756. The normalized spacial score (nSPS) is 16.8. The first-order valence-corrected chi connectivity index (χ1v) is 6.17. The Morgan fingerprint density at radius 1 is 1.17 bits per heavy atom. The molecule has 1 aliphatic heterocycles. The molecule has 0 spiro atoms. The third-order valence-electron chi connectivity index (χ3n) is 3.16. The molecular weight excluding hydrogens is 228 g/mol. The molecule has 18 heavy (non-hydrogen) atoms. The summed E-state index contributed by atoms with van der Waals surface area (Å²) in [7, 11) is 0. The Labute approximate surface area is 105 Å². The molecule has 0 bridgehead atoms. The van der Waals surface area contributed by atoms with E-state index in [-0.39, 0.29) is 0 Å². The fourth-order valence-electron chi connectivity index (χ4n) is 2.20. The molecule has 0 aliphatic carbocycles. The van der Waals surface area contributed by atoms with Gasteiger partial charge in [0.1, 0.15) is 17.7 Å². The van der Waals surface area contributed by atoms with Crippen molar-refractivity contribution in [2.45, 2.75) is 6.42 Å². The lowest BCUT2D eigenvalue weighted by Crippen LogP contribution is -2.28. The molecule has 1 aliphatic rings. The second-order valence-electron chi connectivity index (χ2n) is 4.39. The van der Waals surface area contributed by atoms with Gasteiger partial charge in [0.25, 0.3) is 0 Å². The summed E-state index contributed by atoms with van der Waals surface area (Å²) in [6, 6.07) is 3.95. The van der Waals surface area contributed by atoms with Crippen molar-refractivity contribution in [1.29, 1.82) is 0 Å². The Kier molecular flexibility index (Phi) is 2.93. The van der Waals surface area contributed by atoms with E-state index in [9.17, 15) is 0 Å². The summed E-state index contributed by atoms with van der Waals surface area (Å²) in [4.78, 5) is 15.0. The van der Waals surface area contributed by atoms with Crippen LogP contribution >= 0.6 is 0 Å². The van der Waals surface area contributed by atoms with Crippen molar-refractivity contribution >= 4 is 22.7 Å². The van der Waals surface area contributed by atoms with Gasteiger partial charge in [-0.3, -0.25) is 0 Å². The highest BCUT2D eigenvalue weighted by atomic mass is 15.2. The highest BCUT2D eigenvalue weighted by molar-refractivity contribution is 5.84. The van der Waals surface area contributed by atoms with Gasteiger partial charge < -0.3 is 16.0 Å². The molecule has 0 aromatic carbocycles. The SMILES string of the molecule is Nc1ncnc2ccc(N3CCCNCC3)nc12. The second kappa shape index (κ2) is 4.73. The summed E-state index contributed by atoms with van der Waals surface area (Å²) in [6.07, 6.45) is 2.59. The second-order valence-corrected chi connectivity index (χ2v) is 4.39. The molecule has 6 heteroatoms. The van der Waals surface area contributed by atoms with E-state index in [0.29, 0.717) is 11.3 Å². The Hall–Kier alpha value is -1.95. The third-order valence-corrected chi connectivity index (χ3v) is 3.16. The molecule has 1 saturated heterocycles. The first-order chi connectivity index (χ1) is 8.84. The number of nitrogens with zero attached hydrogens (tertiary/aromatic N) is 4. The van der Waals surface area contributed by atoms with Gasteiger partial charge in [-0.25, -0.2) is 15.0 Å². The van der Waals surface area contributed by atoms with E-state index in [2.05, 4.69) is 25.2 Å². The van der Waals surface area contributed by atoms with Gasteiger partial charge in [-0.15, -0.1) is 0 Å². The van der Waals surface area contributed by atoms with Crippen LogP contribution in [0.25, 0.3) is 11.0 Å². The minimum atomic E-state index is 0.440. The minimum absolute atomic E-state index is 0.440. The van der Waals surface area contributed by atoms with Crippen molar-refractivity contribution in [1.82, 2.24) is 20.3 Å². The molecular formula is C12H16N6. The van der Waals surface area contributed by atoms with Crippen molar-refractivity contribution in [3.63, 3.8) is 0 Å². The Balaban J connectivity index is 1.99. The first-order valence-electron chi connectivity index (χ1n) is 6.17. The van der Waals surface area contributed by atoms with E-state index < -0.39 is 0 Å². The van der Waals surface area contributed by atoms with Gasteiger partial charge in [-0.2, -0.15) is 0 Å². The van der Waals surface area contributed by atoms with Gasteiger partial charge >= 0.3 is 0 Å². The average molecular weight is 244 g/mol. The summed E-state index contributed by atoms with van der Waals surface area (Å²) < 4.78 is 0. The maximum Gasteiger partial charge on any atom is 0.153 e. The van der Waals surface area contributed by atoms with Gasteiger partial charge in [-0.1, -0.05) is 0 Å². The zero-order valence-electron chi connectivity index (χ0n) is 10.1. The molecule has 3 N–H and O–H groups in total. The number of nitrogen functional groups attached to an aromatic ring is 1. The lowest BCUT2D eigenvalue weighted by atomic mass is 10.3. The molecule has 0 saturated carbocycles. The van der Waals surface area contributed by atoms with Crippen LogP contribution in [0.3, 0.4) is 0 Å². The van der Waals surface area contributed by atoms with Gasteiger partial charge in [0, 0.05) is 19.6 Å². The van der Waals surface area contributed by atoms with Crippen LogP contribution in [0.2, 0.25) is 0 Å². The standard InChI is InChI=1S/C12H16N6/c13-12-11-9(15-8-16-12)2-3-10(17-11)18-6-1-4-14-5-7-18/h2-3,8,14H,1,4-7H2,(H2,13,15,16). The molecule has 3 rings (SSSR count). The van der Waals surface area contributed by atoms with Crippen LogP contribution in [0.5, 0.6) is 0 Å². The van der Waals surface area contributed by atoms with E-state index in [1.807, 2.05) is 12.1 Å².